The fourth-order valence-corrected chi connectivity index (χ4v) is 2.59. The maximum Gasteiger partial charge on any atom is 0.416 e. The Hall–Kier alpha value is -3.11. The molecular weight excluding hydrogens is 395 g/mol. The third-order valence-corrected chi connectivity index (χ3v) is 3.93. The van der Waals surface area contributed by atoms with Crippen LogP contribution in [-0.4, -0.2) is 53.2 Å². The van der Waals surface area contributed by atoms with Gasteiger partial charge in [-0.15, -0.1) is 0 Å². The van der Waals surface area contributed by atoms with E-state index in [9.17, 15) is 32.3 Å². The van der Waals surface area contributed by atoms with E-state index < -0.39 is 42.0 Å². The summed E-state index contributed by atoms with van der Waals surface area (Å²) in [5, 5.41) is 2.22. The summed E-state index contributed by atoms with van der Waals surface area (Å²) in [6, 6.07) is 1.65. The molecule has 0 saturated carbocycles. The number of imide groups is 2. The van der Waals surface area contributed by atoms with Gasteiger partial charge in [-0.25, -0.2) is 9.69 Å². The maximum atomic E-state index is 13.0. The van der Waals surface area contributed by atoms with Crippen molar-refractivity contribution in [3.8, 4) is 5.75 Å². The van der Waals surface area contributed by atoms with E-state index >= 15 is 0 Å². The van der Waals surface area contributed by atoms with E-state index in [-0.39, 0.29) is 24.6 Å². The van der Waals surface area contributed by atoms with Gasteiger partial charge >= 0.3 is 24.0 Å². The summed E-state index contributed by atoms with van der Waals surface area (Å²) < 4.78 is 44.3. The maximum absolute atomic E-state index is 13.0. The number of hydrogen-bond acceptors (Lipinski definition) is 5. The van der Waals surface area contributed by atoms with Gasteiger partial charge in [-0.3, -0.25) is 19.3 Å². The Morgan fingerprint density at radius 2 is 1.72 bits per heavy atom. The first-order valence-corrected chi connectivity index (χ1v) is 8.91. The van der Waals surface area contributed by atoms with Gasteiger partial charge in [0.25, 0.3) is 0 Å². The minimum atomic E-state index is -4.64. The largest absolute Gasteiger partial charge is 0.491 e. The molecule has 0 radical (unpaired) electrons. The summed E-state index contributed by atoms with van der Waals surface area (Å²) in [7, 11) is 0. The number of ether oxygens (including phenoxy) is 1. The van der Waals surface area contributed by atoms with Gasteiger partial charge in [0.15, 0.2) is 0 Å². The van der Waals surface area contributed by atoms with Crippen LogP contribution in [-0.2, 0) is 20.6 Å². The number of carbonyl (C=O) groups excluding carboxylic acids is 4. The van der Waals surface area contributed by atoms with Crippen LogP contribution in [0, 0.1) is 0 Å². The third kappa shape index (κ3) is 5.04. The number of amides is 5. The average molecular weight is 415 g/mol. The highest BCUT2D eigenvalue weighted by Crippen LogP contribution is 2.35. The summed E-state index contributed by atoms with van der Waals surface area (Å²) in [4.78, 5) is 49.4. The number of anilines is 1. The first-order valence-electron chi connectivity index (χ1n) is 8.91. The van der Waals surface area contributed by atoms with Gasteiger partial charge in [-0.2, -0.15) is 13.2 Å². The van der Waals surface area contributed by atoms with Crippen molar-refractivity contribution in [2.45, 2.75) is 32.9 Å². The Morgan fingerprint density at radius 1 is 1.07 bits per heavy atom. The summed E-state index contributed by atoms with van der Waals surface area (Å²) in [5.74, 6) is -3.14. The fraction of sp³-hybridized carbons (Fsp3) is 0.444. The number of alkyl halides is 3. The van der Waals surface area contributed by atoms with Crippen LogP contribution in [0.5, 0.6) is 5.75 Å². The van der Waals surface area contributed by atoms with Crippen LogP contribution in [0.1, 0.15) is 32.3 Å². The van der Waals surface area contributed by atoms with Crippen LogP contribution >= 0.6 is 0 Å². The number of rotatable bonds is 8. The number of halogens is 3. The molecule has 1 heterocycles. The SMILES string of the molecule is CCCOc1ccc(C(F)(F)F)cc1NC(=O)CN1C(=O)C(=O)N(CCC)C1=O. The number of urea groups is 1. The first-order chi connectivity index (χ1) is 13.6. The molecule has 158 valence electrons. The predicted molar refractivity (Wildman–Crippen MR) is 95.0 cm³/mol. The molecule has 0 unspecified atom stereocenters. The molecule has 1 N–H and O–H groups in total. The molecule has 1 aromatic carbocycles. The van der Waals surface area contributed by atoms with Gasteiger partial charge in [0, 0.05) is 6.54 Å². The smallest absolute Gasteiger partial charge is 0.416 e. The van der Waals surface area contributed by atoms with Gasteiger partial charge in [0.1, 0.15) is 12.3 Å². The number of nitrogens with zero attached hydrogens (tertiary/aromatic N) is 2. The van der Waals surface area contributed by atoms with Crippen LogP contribution in [0.2, 0.25) is 0 Å². The summed E-state index contributed by atoms with van der Waals surface area (Å²) in [6.07, 6.45) is -3.63. The number of nitrogens with one attached hydrogen (secondary N) is 1. The van der Waals surface area contributed by atoms with Crippen molar-refractivity contribution in [2.75, 3.05) is 25.0 Å². The quantitative estimate of drug-likeness (QED) is 0.520. The van der Waals surface area contributed by atoms with Crippen LogP contribution in [0.4, 0.5) is 23.7 Å². The zero-order valence-corrected chi connectivity index (χ0v) is 15.8. The molecule has 0 bridgehead atoms. The lowest BCUT2D eigenvalue weighted by Crippen LogP contribution is -2.39. The minimum Gasteiger partial charge on any atom is -0.491 e. The van der Waals surface area contributed by atoms with Crippen molar-refractivity contribution >= 4 is 29.4 Å². The molecule has 0 aliphatic carbocycles. The van der Waals surface area contributed by atoms with Crippen LogP contribution in [0.3, 0.4) is 0 Å². The third-order valence-electron chi connectivity index (χ3n) is 3.93. The molecule has 1 fully saturated rings. The second-order valence-electron chi connectivity index (χ2n) is 6.24. The van der Waals surface area contributed by atoms with Crippen molar-refractivity contribution in [3.63, 3.8) is 0 Å². The molecule has 29 heavy (non-hydrogen) atoms. The first kappa shape index (κ1) is 22.2. The molecule has 5 amide bonds. The standard InChI is InChI=1S/C18H20F3N3O5/c1-3-7-23-15(26)16(27)24(17(23)28)10-14(25)22-12-9-11(18(19,20)21)5-6-13(12)29-8-4-2/h5-6,9H,3-4,7-8,10H2,1-2H3,(H,22,25). The van der Waals surface area contributed by atoms with Crippen LogP contribution < -0.4 is 10.1 Å². The van der Waals surface area contributed by atoms with E-state index in [1.54, 1.807) is 13.8 Å². The van der Waals surface area contributed by atoms with Gasteiger partial charge < -0.3 is 10.1 Å². The molecule has 8 nitrogen and oxygen atoms in total. The zero-order valence-electron chi connectivity index (χ0n) is 15.8. The summed E-state index contributed by atoms with van der Waals surface area (Å²) in [6.45, 7) is 2.91. The predicted octanol–water partition coefficient (Wildman–Crippen LogP) is 2.63. The lowest BCUT2D eigenvalue weighted by molar-refractivity contribution is -0.143. The Morgan fingerprint density at radius 3 is 2.31 bits per heavy atom. The van der Waals surface area contributed by atoms with Gasteiger partial charge in [-0.05, 0) is 31.0 Å². The zero-order chi connectivity index (χ0) is 21.8. The summed E-state index contributed by atoms with van der Waals surface area (Å²) >= 11 is 0. The summed E-state index contributed by atoms with van der Waals surface area (Å²) in [5.41, 5.74) is -1.26. The van der Waals surface area contributed by atoms with Crippen molar-refractivity contribution in [2.24, 2.45) is 0 Å². The van der Waals surface area contributed by atoms with Crippen molar-refractivity contribution in [1.82, 2.24) is 9.80 Å². The Kier molecular flexibility index (Phi) is 6.83. The van der Waals surface area contributed by atoms with E-state index in [0.29, 0.717) is 23.8 Å². The van der Waals surface area contributed by atoms with Gasteiger partial charge in [0.2, 0.25) is 5.91 Å². The lowest BCUT2D eigenvalue weighted by Gasteiger charge is -2.17. The van der Waals surface area contributed by atoms with Crippen LogP contribution in [0.25, 0.3) is 0 Å². The van der Waals surface area contributed by atoms with E-state index in [0.717, 1.165) is 17.0 Å². The van der Waals surface area contributed by atoms with Gasteiger partial charge in [0.05, 0.1) is 17.9 Å². The van der Waals surface area contributed by atoms with Gasteiger partial charge in [-0.1, -0.05) is 13.8 Å². The lowest BCUT2D eigenvalue weighted by atomic mass is 10.1. The highest BCUT2D eigenvalue weighted by molar-refractivity contribution is 6.45. The molecule has 0 atom stereocenters. The Bertz CT molecular complexity index is 825. The normalized spacial score (nSPS) is 14.6. The Labute approximate surface area is 164 Å². The number of hydrogen-bond donors (Lipinski definition) is 1. The van der Waals surface area contributed by atoms with E-state index in [4.69, 9.17) is 4.74 Å². The topological polar surface area (TPSA) is 96.0 Å². The molecule has 2 rings (SSSR count). The van der Waals surface area contributed by atoms with Crippen molar-refractivity contribution < 1.29 is 37.1 Å². The van der Waals surface area contributed by atoms with E-state index in [1.807, 2.05) is 0 Å². The molecule has 0 aromatic heterocycles. The van der Waals surface area contributed by atoms with Crippen LogP contribution in [0.15, 0.2) is 18.2 Å². The molecule has 0 spiro atoms. The molecule has 1 aliphatic rings. The van der Waals surface area contributed by atoms with E-state index in [2.05, 4.69) is 5.32 Å². The number of benzene rings is 1. The van der Waals surface area contributed by atoms with Crippen molar-refractivity contribution in [3.05, 3.63) is 23.8 Å². The van der Waals surface area contributed by atoms with Crippen molar-refractivity contribution in [1.29, 1.82) is 0 Å². The minimum absolute atomic E-state index is 0.0101. The molecule has 1 saturated heterocycles. The monoisotopic (exact) mass is 415 g/mol. The second-order valence-corrected chi connectivity index (χ2v) is 6.24. The Balaban J connectivity index is 2.20. The molecule has 1 aliphatic heterocycles. The highest BCUT2D eigenvalue weighted by atomic mass is 19.4. The fourth-order valence-electron chi connectivity index (χ4n) is 2.59. The number of carbonyl (C=O) groups is 4. The average Bonchev–Trinajstić information content (AvgIpc) is 2.84. The van der Waals surface area contributed by atoms with E-state index in [1.165, 1.54) is 0 Å². The highest BCUT2D eigenvalue weighted by Gasteiger charge is 2.44. The molecule has 1 aromatic rings. The molecule has 11 heteroatoms. The molecular formula is C18H20F3N3O5. The second kappa shape index (κ2) is 8.93.